The zero-order valence-corrected chi connectivity index (χ0v) is 8.07. The first-order valence-corrected chi connectivity index (χ1v) is 4.97. The molecule has 1 aromatic carbocycles. The van der Waals surface area contributed by atoms with Crippen molar-refractivity contribution >= 4 is 0 Å². The minimum Gasteiger partial charge on any atom is -0.508 e. The molecule has 0 radical (unpaired) electrons. The van der Waals surface area contributed by atoms with E-state index in [-0.39, 0.29) is 6.23 Å². The Balaban J connectivity index is 1.92. The van der Waals surface area contributed by atoms with Gasteiger partial charge in [-0.15, -0.1) is 0 Å². The van der Waals surface area contributed by atoms with Gasteiger partial charge in [-0.1, -0.05) is 12.1 Å². The summed E-state index contributed by atoms with van der Waals surface area (Å²) in [5.74, 6) is 0.311. The lowest BCUT2D eigenvalue weighted by molar-refractivity contribution is 0.00194. The van der Waals surface area contributed by atoms with Gasteiger partial charge in [0.1, 0.15) is 12.0 Å². The van der Waals surface area contributed by atoms with Crippen molar-refractivity contribution in [3.8, 4) is 5.75 Å². The summed E-state index contributed by atoms with van der Waals surface area (Å²) >= 11 is 0. The minimum absolute atomic E-state index is 0.133. The molecule has 2 N–H and O–H groups in total. The van der Waals surface area contributed by atoms with Crippen LogP contribution in [-0.2, 0) is 11.2 Å². The summed E-state index contributed by atoms with van der Waals surface area (Å²) in [6, 6.07) is 7.26. The summed E-state index contributed by atoms with van der Waals surface area (Å²) in [5, 5.41) is 12.4. The van der Waals surface area contributed by atoms with E-state index < -0.39 is 0 Å². The third-order valence-corrected chi connectivity index (χ3v) is 2.37. The van der Waals surface area contributed by atoms with Gasteiger partial charge >= 0.3 is 0 Å². The third kappa shape index (κ3) is 2.47. The molecule has 1 atom stereocenters. The predicted molar refractivity (Wildman–Crippen MR) is 54.2 cm³/mol. The second-order valence-corrected chi connectivity index (χ2v) is 3.54. The van der Waals surface area contributed by atoms with Gasteiger partial charge in [0.2, 0.25) is 0 Å². The number of phenolic OH excluding ortho intramolecular Hbond substituents is 1. The molecule has 0 saturated carbocycles. The standard InChI is InChI=1S/C11H15NO2/c13-10-4-2-9(3-5-10)8-11-12-6-1-7-14-11/h2-5,11-13H,1,6-8H2. The first-order valence-electron chi connectivity index (χ1n) is 4.97. The molecule has 1 aliphatic rings. The van der Waals surface area contributed by atoms with Gasteiger partial charge in [-0.2, -0.15) is 0 Å². The van der Waals surface area contributed by atoms with Gasteiger partial charge in [-0.05, 0) is 30.7 Å². The molecule has 1 aromatic rings. The number of hydrogen-bond donors (Lipinski definition) is 2. The van der Waals surface area contributed by atoms with Crippen molar-refractivity contribution in [1.29, 1.82) is 0 Å². The van der Waals surface area contributed by atoms with Crippen molar-refractivity contribution in [3.05, 3.63) is 29.8 Å². The molecule has 1 heterocycles. The molecular weight excluding hydrogens is 178 g/mol. The predicted octanol–water partition coefficient (Wildman–Crippen LogP) is 1.27. The van der Waals surface area contributed by atoms with Crippen molar-refractivity contribution in [1.82, 2.24) is 5.32 Å². The van der Waals surface area contributed by atoms with Gasteiger partial charge in [0.25, 0.3) is 0 Å². The average molecular weight is 193 g/mol. The lowest BCUT2D eigenvalue weighted by Gasteiger charge is -2.24. The van der Waals surface area contributed by atoms with Crippen LogP contribution in [0.3, 0.4) is 0 Å². The summed E-state index contributed by atoms with van der Waals surface area (Å²) in [6.07, 6.45) is 2.08. The third-order valence-electron chi connectivity index (χ3n) is 2.37. The minimum atomic E-state index is 0.133. The van der Waals surface area contributed by atoms with Crippen LogP contribution in [0.2, 0.25) is 0 Å². The number of ether oxygens (including phenoxy) is 1. The summed E-state index contributed by atoms with van der Waals surface area (Å²) in [7, 11) is 0. The van der Waals surface area contributed by atoms with Gasteiger partial charge in [0, 0.05) is 13.0 Å². The highest BCUT2D eigenvalue weighted by atomic mass is 16.5. The van der Waals surface area contributed by atoms with E-state index in [2.05, 4.69) is 5.32 Å². The van der Waals surface area contributed by atoms with Gasteiger partial charge in [-0.3, -0.25) is 5.32 Å². The van der Waals surface area contributed by atoms with Crippen LogP contribution >= 0.6 is 0 Å². The molecule has 14 heavy (non-hydrogen) atoms. The zero-order chi connectivity index (χ0) is 9.80. The molecule has 76 valence electrons. The summed E-state index contributed by atoms with van der Waals surface area (Å²) in [6.45, 7) is 1.87. The van der Waals surface area contributed by atoms with Crippen LogP contribution in [0.1, 0.15) is 12.0 Å². The zero-order valence-electron chi connectivity index (χ0n) is 8.07. The molecule has 0 aromatic heterocycles. The molecule has 1 aliphatic heterocycles. The van der Waals surface area contributed by atoms with E-state index in [1.165, 1.54) is 5.56 Å². The normalized spacial score (nSPS) is 22.1. The number of phenols is 1. The van der Waals surface area contributed by atoms with E-state index >= 15 is 0 Å². The molecule has 1 saturated heterocycles. The number of benzene rings is 1. The maximum atomic E-state index is 9.12. The molecule has 0 aliphatic carbocycles. The van der Waals surface area contributed by atoms with Gasteiger partial charge in [-0.25, -0.2) is 0 Å². The van der Waals surface area contributed by atoms with E-state index in [4.69, 9.17) is 9.84 Å². The molecular formula is C11H15NO2. The van der Waals surface area contributed by atoms with E-state index in [1.807, 2.05) is 12.1 Å². The molecule has 0 spiro atoms. The van der Waals surface area contributed by atoms with E-state index in [9.17, 15) is 0 Å². The van der Waals surface area contributed by atoms with Crippen molar-refractivity contribution in [2.75, 3.05) is 13.2 Å². The van der Waals surface area contributed by atoms with Gasteiger partial charge < -0.3 is 9.84 Å². The maximum Gasteiger partial charge on any atom is 0.115 e. The fourth-order valence-corrected chi connectivity index (χ4v) is 1.60. The van der Waals surface area contributed by atoms with E-state index in [0.717, 1.165) is 26.0 Å². The lowest BCUT2D eigenvalue weighted by Crippen LogP contribution is -2.39. The van der Waals surface area contributed by atoms with Crippen molar-refractivity contribution < 1.29 is 9.84 Å². The van der Waals surface area contributed by atoms with Crippen LogP contribution in [0, 0.1) is 0 Å². The van der Waals surface area contributed by atoms with E-state index in [0.29, 0.717) is 5.75 Å². The van der Waals surface area contributed by atoms with Crippen molar-refractivity contribution in [3.63, 3.8) is 0 Å². The van der Waals surface area contributed by atoms with Crippen LogP contribution in [0.25, 0.3) is 0 Å². The SMILES string of the molecule is Oc1ccc(CC2NCCCO2)cc1. The number of nitrogens with one attached hydrogen (secondary N) is 1. The Bertz CT molecular complexity index is 278. The van der Waals surface area contributed by atoms with Crippen LogP contribution < -0.4 is 5.32 Å². The second-order valence-electron chi connectivity index (χ2n) is 3.54. The Morgan fingerprint density at radius 1 is 1.36 bits per heavy atom. The Morgan fingerprint density at radius 3 is 2.79 bits per heavy atom. The maximum absolute atomic E-state index is 9.12. The Labute approximate surface area is 83.7 Å². The summed E-state index contributed by atoms with van der Waals surface area (Å²) < 4.78 is 5.54. The van der Waals surface area contributed by atoms with Crippen molar-refractivity contribution in [2.24, 2.45) is 0 Å². The summed E-state index contributed by atoms with van der Waals surface area (Å²) in [5.41, 5.74) is 1.18. The topological polar surface area (TPSA) is 41.5 Å². The number of rotatable bonds is 2. The second kappa shape index (κ2) is 4.44. The Kier molecular flexibility index (Phi) is 3.01. The molecule has 1 fully saturated rings. The Hall–Kier alpha value is -1.06. The highest BCUT2D eigenvalue weighted by Gasteiger charge is 2.12. The van der Waals surface area contributed by atoms with Gasteiger partial charge in [0.15, 0.2) is 0 Å². The fraction of sp³-hybridized carbons (Fsp3) is 0.455. The first kappa shape index (κ1) is 9.49. The van der Waals surface area contributed by atoms with E-state index in [1.54, 1.807) is 12.1 Å². The van der Waals surface area contributed by atoms with Crippen LogP contribution in [0.5, 0.6) is 5.75 Å². The molecule has 3 heteroatoms. The highest BCUT2D eigenvalue weighted by molar-refractivity contribution is 5.26. The average Bonchev–Trinajstić information content (AvgIpc) is 2.23. The number of aromatic hydroxyl groups is 1. The van der Waals surface area contributed by atoms with Crippen LogP contribution in [-0.4, -0.2) is 24.5 Å². The fourth-order valence-electron chi connectivity index (χ4n) is 1.60. The molecule has 0 amide bonds. The number of hydrogen-bond acceptors (Lipinski definition) is 3. The largest absolute Gasteiger partial charge is 0.508 e. The molecule has 0 bridgehead atoms. The summed E-state index contributed by atoms with van der Waals surface area (Å²) in [4.78, 5) is 0. The van der Waals surface area contributed by atoms with Gasteiger partial charge in [0.05, 0.1) is 0 Å². The monoisotopic (exact) mass is 193 g/mol. The molecule has 2 rings (SSSR count). The Morgan fingerprint density at radius 2 is 2.14 bits per heavy atom. The van der Waals surface area contributed by atoms with Crippen molar-refractivity contribution in [2.45, 2.75) is 19.1 Å². The van der Waals surface area contributed by atoms with Crippen LogP contribution in [0.15, 0.2) is 24.3 Å². The quantitative estimate of drug-likeness (QED) is 0.743. The lowest BCUT2D eigenvalue weighted by atomic mass is 10.1. The first-order chi connectivity index (χ1) is 6.84. The molecule has 1 unspecified atom stereocenters. The highest BCUT2D eigenvalue weighted by Crippen LogP contribution is 2.12. The smallest absolute Gasteiger partial charge is 0.115 e. The molecule has 3 nitrogen and oxygen atoms in total. The van der Waals surface area contributed by atoms with Crippen LogP contribution in [0.4, 0.5) is 0 Å².